The first kappa shape index (κ1) is 5.52. The third-order valence-corrected chi connectivity index (χ3v) is 2.52. The third-order valence-electron chi connectivity index (χ3n) is 2.52. The van der Waals surface area contributed by atoms with Crippen LogP contribution in [0.5, 0.6) is 0 Å². The zero-order valence-corrected chi connectivity index (χ0v) is 5.85. The highest BCUT2D eigenvalue weighted by Gasteiger charge is 2.34. The Hall–Kier alpha value is -0.260. The summed E-state index contributed by atoms with van der Waals surface area (Å²) in [6, 6.07) is 0. The highest BCUT2D eigenvalue weighted by molar-refractivity contribution is 5.22. The van der Waals surface area contributed by atoms with Crippen molar-refractivity contribution in [2.75, 3.05) is 0 Å². The van der Waals surface area contributed by atoms with Gasteiger partial charge in [0.1, 0.15) is 0 Å². The number of hydrogen-bond acceptors (Lipinski definition) is 0. The normalized spacial score (nSPS) is 39.4. The SMILES string of the molecule is CCC1=C[C@H]2[C]C[C@@H]2C1. The van der Waals surface area contributed by atoms with E-state index in [1.54, 1.807) is 5.57 Å². The van der Waals surface area contributed by atoms with Gasteiger partial charge in [-0.1, -0.05) is 18.6 Å². The van der Waals surface area contributed by atoms with Gasteiger partial charge >= 0.3 is 0 Å². The second-order valence-electron chi connectivity index (χ2n) is 3.08. The number of fused-ring (bicyclic) bond motifs is 1. The maximum atomic E-state index is 3.40. The lowest BCUT2D eigenvalue weighted by molar-refractivity contribution is 0.344. The Morgan fingerprint density at radius 2 is 2.67 bits per heavy atom. The molecule has 0 aromatic heterocycles. The maximum absolute atomic E-state index is 3.40. The van der Waals surface area contributed by atoms with E-state index in [0.29, 0.717) is 0 Å². The number of allylic oxidation sites excluding steroid dienone is 2. The molecule has 0 saturated heterocycles. The predicted octanol–water partition coefficient (Wildman–Crippen LogP) is 2.44. The fraction of sp³-hybridized carbons (Fsp3) is 0.667. The van der Waals surface area contributed by atoms with Crippen molar-refractivity contribution in [1.82, 2.24) is 0 Å². The Labute approximate surface area is 57.0 Å². The number of hydrogen-bond donors (Lipinski definition) is 0. The lowest BCUT2D eigenvalue weighted by Gasteiger charge is -2.28. The molecule has 1 fully saturated rings. The summed E-state index contributed by atoms with van der Waals surface area (Å²) in [4.78, 5) is 0. The van der Waals surface area contributed by atoms with Gasteiger partial charge in [0.05, 0.1) is 0 Å². The minimum atomic E-state index is 0.764. The van der Waals surface area contributed by atoms with Gasteiger partial charge in [0.25, 0.3) is 0 Å². The van der Waals surface area contributed by atoms with E-state index >= 15 is 0 Å². The van der Waals surface area contributed by atoms with Gasteiger partial charge in [-0.3, -0.25) is 0 Å². The molecule has 9 heavy (non-hydrogen) atoms. The van der Waals surface area contributed by atoms with Crippen molar-refractivity contribution < 1.29 is 0 Å². The fourth-order valence-corrected chi connectivity index (χ4v) is 1.74. The summed E-state index contributed by atoms with van der Waals surface area (Å²) in [5.41, 5.74) is 1.66. The predicted molar refractivity (Wildman–Crippen MR) is 37.8 cm³/mol. The minimum Gasteiger partial charge on any atom is -0.0813 e. The van der Waals surface area contributed by atoms with E-state index in [9.17, 15) is 0 Å². The molecule has 0 spiro atoms. The average molecular weight is 120 g/mol. The molecule has 0 nitrogen and oxygen atoms in total. The standard InChI is InChI=1S/C9H12/c1-2-7-5-8-3-4-9(8)6-7/h6,8-9H,2-3,5H2,1H3/t8-,9-/m1/s1. The maximum Gasteiger partial charge on any atom is -0.00927 e. The van der Waals surface area contributed by atoms with E-state index in [1.807, 2.05) is 0 Å². The van der Waals surface area contributed by atoms with Crippen LogP contribution in [-0.2, 0) is 0 Å². The van der Waals surface area contributed by atoms with Crippen LogP contribution >= 0.6 is 0 Å². The molecule has 48 valence electrons. The zero-order valence-electron chi connectivity index (χ0n) is 5.85. The molecule has 0 aromatic rings. The van der Waals surface area contributed by atoms with Gasteiger partial charge in [0, 0.05) is 0 Å². The van der Waals surface area contributed by atoms with Gasteiger partial charge in [0.2, 0.25) is 0 Å². The molecular formula is C9H12. The summed E-state index contributed by atoms with van der Waals surface area (Å²) < 4.78 is 0. The van der Waals surface area contributed by atoms with Crippen LogP contribution in [0, 0.1) is 18.3 Å². The van der Waals surface area contributed by atoms with Crippen LogP contribution in [0.4, 0.5) is 0 Å². The molecule has 1 saturated carbocycles. The van der Waals surface area contributed by atoms with E-state index in [2.05, 4.69) is 19.4 Å². The lowest BCUT2D eigenvalue weighted by Crippen LogP contribution is -2.20. The quantitative estimate of drug-likeness (QED) is 0.466. The van der Waals surface area contributed by atoms with Gasteiger partial charge < -0.3 is 0 Å². The molecule has 0 unspecified atom stereocenters. The molecule has 0 aromatic carbocycles. The Morgan fingerprint density at radius 3 is 3.00 bits per heavy atom. The van der Waals surface area contributed by atoms with Crippen molar-refractivity contribution in [3.8, 4) is 0 Å². The number of rotatable bonds is 1. The fourth-order valence-electron chi connectivity index (χ4n) is 1.74. The van der Waals surface area contributed by atoms with Crippen LogP contribution in [0.2, 0.25) is 0 Å². The summed E-state index contributed by atoms with van der Waals surface area (Å²) in [5.74, 6) is 1.74. The Kier molecular flexibility index (Phi) is 1.14. The summed E-state index contributed by atoms with van der Waals surface area (Å²) >= 11 is 0. The second kappa shape index (κ2) is 1.86. The largest absolute Gasteiger partial charge is 0.0813 e. The van der Waals surface area contributed by atoms with Crippen LogP contribution in [0.25, 0.3) is 0 Å². The molecule has 0 N–H and O–H groups in total. The molecule has 0 amide bonds. The zero-order chi connectivity index (χ0) is 6.27. The van der Waals surface area contributed by atoms with Crippen molar-refractivity contribution in [3.05, 3.63) is 18.1 Å². The van der Waals surface area contributed by atoms with E-state index in [4.69, 9.17) is 0 Å². The van der Waals surface area contributed by atoms with E-state index in [0.717, 1.165) is 11.8 Å². The van der Waals surface area contributed by atoms with Gasteiger partial charge in [0.15, 0.2) is 0 Å². The van der Waals surface area contributed by atoms with Crippen molar-refractivity contribution in [1.29, 1.82) is 0 Å². The second-order valence-corrected chi connectivity index (χ2v) is 3.08. The topological polar surface area (TPSA) is 0 Å². The summed E-state index contributed by atoms with van der Waals surface area (Å²) in [5, 5.41) is 0. The Balaban J connectivity index is 2.05. The highest BCUT2D eigenvalue weighted by atomic mass is 14.4. The van der Waals surface area contributed by atoms with Crippen molar-refractivity contribution in [3.63, 3.8) is 0 Å². The molecule has 2 rings (SSSR count). The first-order chi connectivity index (χ1) is 4.40. The van der Waals surface area contributed by atoms with Crippen molar-refractivity contribution in [2.24, 2.45) is 11.8 Å². The first-order valence-electron chi connectivity index (χ1n) is 3.83. The van der Waals surface area contributed by atoms with E-state index in [1.165, 1.54) is 19.3 Å². The van der Waals surface area contributed by atoms with Crippen LogP contribution in [0.1, 0.15) is 26.2 Å². The molecule has 0 aliphatic heterocycles. The van der Waals surface area contributed by atoms with Crippen LogP contribution in [0.15, 0.2) is 11.6 Å². The molecule has 0 heteroatoms. The monoisotopic (exact) mass is 120 g/mol. The van der Waals surface area contributed by atoms with Crippen LogP contribution in [0.3, 0.4) is 0 Å². The molecule has 0 bridgehead atoms. The van der Waals surface area contributed by atoms with Crippen LogP contribution < -0.4 is 0 Å². The van der Waals surface area contributed by atoms with Crippen molar-refractivity contribution >= 4 is 0 Å². The molecule has 0 heterocycles. The minimum absolute atomic E-state index is 0.764. The van der Waals surface area contributed by atoms with Gasteiger partial charge in [-0.2, -0.15) is 0 Å². The highest BCUT2D eigenvalue weighted by Crippen LogP contribution is 2.45. The van der Waals surface area contributed by atoms with Crippen LogP contribution in [-0.4, -0.2) is 0 Å². The smallest absolute Gasteiger partial charge is 0.00927 e. The third kappa shape index (κ3) is 0.726. The Bertz CT molecular complexity index is 144. The van der Waals surface area contributed by atoms with Gasteiger partial charge in [-0.05, 0) is 37.5 Å². The first-order valence-corrected chi connectivity index (χ1v) is 3.83. The summed E-state index contributed by atoms with van der Waals surface area (Å²) in [7, 11) is 0. The average Bonchev–Trinajstić information content (AvgIpc) is 2.10. The molecule has 2 aliphatic carbocycles. The lowest BCUT2D eigenvalue weighted by atomic mass is 9.76. The van der Waals surface area contributed by atoms with Crippen molar-refractivity contribution in [2.45, 2.75) is 26.2 Å². The molecule has 2 radical (unpaired) electrons. The van der Waals surface area contributed by atoms with Gasteiger partial charge in [-0.25, -0.2) is 0 Å². The van der Waals surface area contributed by atoms with Gasteiger partial charge in [-0.15, -0.1) is 0 Å². The summed E-state index contributed by atoms with van der Waals surface area (Å²) in [6.45, 7) is 2.25. The molecular weight excluding hydrogens is 108 g/mol. The molecule has 2 atom stereocenters. The van der Waals surface area contributed by atoms with E-state index in [-0.39, 0.29) is 0 Å². The summed E-state index contributed by atoms with van der Waals surface area (Å²) in [6.07, 6.45) is 9.69. The Morgan fingerprint density at radius 1 is 1.78 bits per heavy atom. The molecule has 2 aliphatic rings. The van der Waals surface area contributed by atoms with E-state index < -0.39 is 0 Å².